The summed E-state index contributed by atoms with van der Waals surface area (Å²) in [6.07, 6.45) is 0.332. The average Bonchev–Trinajstić information content (AvgIpc) is 2.80. The molecule has 2 rings (SSSR count). The first-order valence-electron chi connectivity index (χ1n) is 6.40. The van der Waals surface area contributed by atoms with Crippen LogP contribution in [0.3, 0.4) is 0 Å². The van der Waals surface area contributed by atoms with Crippen LogP contribution in [0.1, 0.15) is 34.1 Å². The van der Waals surface area contributed by atoms with E-state index in [1.807, 2.05) is 6.07 Å². The number of thiophene rings is 1. The second-order valence-corrected chi connectivity index (χ2v) is 5.44. The third kappa shape index (κ3) is 3.20. The van der Waals surface area contributed by atoms with E-state index in [1.165, 1.54) is 12.1 Å². The number of hydrogen-bond acceptors (Lipinski definition) is 5. The summed E-state index contributed by atoms with van der Waals surface area (Å²) in [5.41, 5.74) is 7.09. The minimum atomic E-state index is -0.317. The molecule has 0 amide bonds. The fourth-order valence-electron chi connectivity index (χ4n) is 1.88. The van der Waals surface area contributed by atoms with Crippen molar-refractivity contribution in [3.63, 3.8) is 0 Å². The molecule has 4 nitrogen and oxygen atoms in total. The van der Waals surface area contributed by atoms with Crippen molar-refractivity contribution in [3.05, 3.63) is 46.1 Å². The molecule has 0 saturated carbocycles. The van der Waals surface area contributed by atoms with Gasteiger partial charge in [-0.2, -0.15) is 5.26 Å². The summed E-state index contributed by atoms with van der Waals surface area (Å²) in [5.74, 6) is -0.407. The predicted octanol–water partition coefficient (Wildman–Crippen LogP) is 3.55. The highest BCUT2D eigenvalue weighted by molar-refractivity contribution is 7.19. The lowest BCUT2D eigenvalue weighted by atomic mass is 10.2. The molecule has 0 aliphatic carbocycles. The van der Waals surface area contributed by atoms with Gasteiger partial charge in [-0.1, -0.05) is 19.1 Å². The van der Waals surface area contributed by atoms with Crippen LogP contribution in [0.15, 0.2) is 24.3 Å². The van der Waals surface area contributed by atoms with E-state index in [0.29, 0.717) is 22.8 Å². The molecule has 1 aromatic heterocycles. The predicted molar refractivity (Wildman–Crippen MR) is 81.8 cm³/mol. The number of carbonyl (C=O) groups is 1. The number of nitrogens with zero attached hydrogens (tertiary/aromatic N) is 1. The highest BCUT2D eigenvalue weighted by Crippen LogP contribution is 2.36. The number of benzene rings is 1. The maximum atomic E-state index is 13.1. The van der Waals surface area contributed by atoms with E-state index in [1.54, 1.807) is 19.1 Å². The number of nitrogen functional groups attached to an aromatic ring is 1. The van der Waals surface area contributed by atoms with E-state index in [9.17, 15) is 14.4 Å². The Morgan fingerprint density at radius 2 is 2.29 bits per heavy atom. The summed E-state index contributed by atoms with van der Waals surface area (Å²) in [4.78, 5) is 12.2. The Kier molecular flexibility index (Phi) is 4.55. The Balaban J connectivity index is 2.24. The minimum absolute atomic E-state index is 0.0900. The molecular weight excluding hydrogens is 289 g/mol. The number of anilines is 2. The number of nitriles is 1. The molecule has 108 valence electrons. The summed E-state index contributed by atoms with van der Waals surface area (Å²) in [5, 5.41) is 12.8. The van der Waals surface area contributed by atoms with Crippen LogP contribution in [0.25, 0.3) is 0 Å². The number of hydrogen-bond donors (Lipinski definition) is 2. The molecule has 1 aromatic carbocycles. The van der Waals surface area contributed by atoms with Crippen LogP contribution < -0.4 is 11.1 Å². The molecule has 0 aliphatic rings. The molecule has 0 atom stereocenters. The van der Waals surface area contributed by atoms with Gasteiger partial charge in [-0.15, -0.1) is 11.3 Å². The van der Waals surface area contributed by atoms with E-state index in [2.05, 4.69) is 5.32 Å². The van der Waals surface area contributed by atoms with Crippen molar-refractivity contribution < 1.29 is 9.18 Å². The average molecular weight is 303 g/mol. The van der Waals surface area contributed by atoms with Gasteiger partial charge in [0.2, 0.25) is 0 Å². The van der Waals surface area contributed by atoms with Crippen molar-refractivity contribution in [1.29, 1.82) is 5.26 Å². The van der Waals surface area contributed by atoms with Gasteiger partial charge in [0.05, 0.1) is 10.6 Å². The second kappa shape index (κ2) is 6.37. The van der Waals surface area contributed by atoms with Gasteiger partial charge >= 0.3 is 0 Å². The molecule has 0 aliphatic heterocycles. The lowest BCUT2D eigenvalue weighted by molar-refractivity contribution is 0.0993. The van der Waals surface area contributed by atoms with Crippen LogP contribution in [-0.4, -0.2) is 5.78 Å². The Morgan fingerprint density at radius 3 is 2.90 bits per heavy atom. The fraction of sp³-hybridized carbons (Fsp3) is 0.200. The molecule has 1 heterocycles. The van der Waals surface area contributed by atoms with Crippen LogP contribution in [0.4, 0.5) is 15.1 Å². The fourth-order valence-corrected chi connectivity index (χ4v) is 2.95. The monoisotopic (exact) mass is 303 g/mol. The molecular formula is C15H14FN3OS. The Bertz CT molecular complexity index is 718. The molecule has 21 heavy (non-hydrogen) atoms. The first-order chi connectivity index (χ1) is 10.1. The van der Waals surface area contributed by atoms with Crippen molar-refractivity contribution in [1.82, 2.24) is 0 Å². The Hall–Kier alpha value is -2.39. The largest absolute Gasteiger partial charge is 0.396 e. The smallest absolute Gasteiger partial charge is 0.174 e. The van der Waals surface area contributed by atoms with Crippen LogP contribution in [0.2, 0.25) is 0 Å². The molecule has 0 spiro atoms. The second-order valence-electron chi connectivity index (χ2n) is 4.42. The van der Waals surface area contributed by atoms with Gasteiger partial charge in [0.25, 0.3) is 0 Å². The third-order valence-electron chi connectivity index (χ3n) is 2.97. The number of Topliss-reactive ketones (excluding diaryl/α,β-unsaturated/α-hetero) is 1. The molecule has 0 bridgehead atoms. The van der Waals surface area contributed by atoms with E-state index < -0.39 is 0 Å². The normalized spacial score (nSPS) is 10.1. The topological polar surface area (TPSA) is 78.9 Å². The summed E-state index contributed by atoms with van der Waals surface area (Å²) in [6, 6.07) is 8.18. The minimum Gasteiger partial charge on any atom is -0.396 e. The zero-order valence-corrected chi connectivity index (χ0v) is 12.3. The van der Waals surface area contributed by atoms with Gasteiger partial charge in [-0.25, -0.2) is 4.39 Å². The number of ketones is 1. The maximum Gasteiger partial charge on any atom is 0.174 e. The van der Waals surface area contributed by atoms with Crippen LogP contribution >= 0.6 is 11.3 Å². The quantitative estimate of drug-likeness (QED) is 0.828. The molecule has 0 radical (unpaired) electrons. The SMILES string of the molecule is CCC(=O)c1sc(NCc2cccc(F)c2)c(C#N)c1N. The number of nitrogens with two attached hydrogens (primary N) is 1. The molecule has 3 N–H and O–H groups in total. The summed E-state index contributed by atoms with van der Waals surface area (Å²) >= 11 is 1.16. The lowest BCUT2D eigenvalue weighted by Gasteiger charge is -2.04. The van der Waals surface area contributed by atoms with E-state index in [4.69, 9.17) is 5.73 Å². The first kappa shape index (κ1) is 15.0. The molecule has 6 heteroatoms. The van der Waals surface area contributed by atoms with Crippen LogP contribution in [-0.2, 0) is 6.54 Å². The summed E-state index contributed by atoms with van der Waals surface area (Å²) < 4.78 is 13.1. The zero-order chi connectivity index (χ0) is 15.4. The van der Waals surface area contributed by atoms with Crippen LogP contribution in [0.5, 0.6) is 0 Å². The van der Waals surface area contributed by atoms with Gasteiger partial charge in [0.1, 0.15) is 22.5 Å². The first-order valence-corrected chi connectivity index (χ1v) is 7.22. The molecule has 0 saturated heterocycles. The van der Waals surface area contributed by atoms with E-state index >= 15 is 0 Å². The summed E-state index contributed by atoms with van der Waals surface area (Å²) in [6.45, 7) is 2.10. The number of rotatable bonds is 5. The van der Waals surface area contributed by atoms with Gasteiger partial charge in [0, 0.05) is 13.0 Å². The molecule has 0 fully saturated rings. The lowest BCUT2D eigenvalue weighted by Crippen LogP contribution is -2.00. The highest BCUT2D eigenvalue weighted by Gasteiger charge is 2.19. The van der Waals surface area contributed by atoms with Crippen molar-refractivity contribution in [2.45, 2.75) is 19.9 Å². The van der Waals surface area contributed by atoms with Crippen molar-refractivity contribution >= 4 is 27.8 Å². The highest BCUT2D eigenvalue weighted by atomic mass is 32.1. The van der Waals surface area contributed by atoms with E-state index in [0.717, 1.165) is 16.9 Å². The van der Waals surface area contributed by atoms with Gasteiger partial charge in [0.15, 0.2) is 5.78 Å². The maximum absolute atomic E-state index is 13.1. The number of carbonyl (C=O) groups excluding carboxylic acids is 1. The number of halogens is 1. The number of nitrogens with one attached hydrogen (secondary N) is 1. The Labute approximate surface area is 126 Å². The van der Waals surface area contributed by atoms with Crippen molar-refractivity contribution in [2.75, 3.05) is 11.1 Å². The van der Waals surface area contributed by atoms with Crippen molar-refractivity contribution in [3.8, 4) is 6.07 Å². The standard InChI is InChI=1S/C15H14FN3OS/c1-2-12(20)14-13(18)11(7-17)15(21-14)19-8-9-4-3-5-10(16)6-9/h3-6,19H,2,8,18H2,1H3. The van der Waals surface area contributed by atoms with Crippen molar-refractivity contribution in [2.24, 2.45) is 0 Å². The van der Waals surface area contributed by atoms with Gasteiger partial charge in [-0.3, -0.25) is 4.79 Å². The Morgan fingerprint density at radius 1 is 1.52 bits per heavy atom. The summed E-state index contributed by atoms with van der Waals surface area (Å²) in [7, 11) is 0. The molecule has 0 unspecified atom stereocenters. The third-order valence-corrected chi connectivity index (χ3v) is 4.18. The van der Waals surface area contributed by atoms with Crippen LogP contribution in [0, 0.1) is 17.1 Å². The van der Waals surface area contributed by atoms with E-state index in [-0.39, 0.29) is 22.9 Å². The molecule has 2 aromatic rings. The van der Waals surface area contributed by atoms with Gasteiger partial charge < -0.3 is 11.1 Å². The van der Waals surface area contributed by atoms with Gasteiger partial charge in [-0.05, 0) is 17.7 Å². The zero-order valence-electron chi connectivity index (χ0n) is 11.4.